The number of rotatable bonds is 6. The molecule has 7 nitrogen and oxygen atoms in total. The summed E-state index contributed by atoms with van der Waals surface area (Å²) >= 11 is 0. The van der Waals surface area contributed by atoms with Gasteiger partial charge in [-0.15, -0.1) is 0 Å². The van der Waals surface area contributed by atoms with Gasteiger partial charge in [-0.3, -0.25) is 4.79 Å². The first-order valence-corrected chi connectivity index (χ1v) is 10.0. The second kappa shape index (κ2) is 9.26. The van der Waals surface area contributed by atoms with E-state index in [4.69, 9.17) is 4.74 Å². The molecular formula is C23H25N5O2. The van der Waals surface area contributed by atoms with Crippen LogP contribution in [0.25, 0.3) is 0 Å². The van der Waals surface area contributed by atoms with Gasteiger partial charge in [0.1, 0.15) is 5.75 Å². The molecule has 0 aliphatic carbocycles. The topological polar surface area (TPSA) is 70.6 Å². The number of benzene rings is 2. The molecule has 0 saturated carbocycles. The molecule has 0 spiro atoms. The maximum absolute atomic E-state index is 12.1. The molecule has 1 aliphatic heterocycles. The van der Waals surface area contributed by atoms with Crippen LogP contribution < -0.4 is 19.9 Å². The summed E-state index contributed by atoms with van der Waals surface area (Å²) < 4.78 is 5.52. The Hall–Kier alpha value is -3.61. The quantitative estimate of drug-likeness (QED) is 0.682. The molecule has 0 radical (unpaired) electrons. The Kier molecular flexibility index (Phi) is 6.08. The Morgan fingerprint density at radius 2 is 1.67 bits per heavy atom. The van der Waals surface area contributed by atoms with E-state index in [2.05, 4.69) is 49.4 Å². The first-order valence-electron chi connectivity index (χ1n) is 10.0. The summed E-state index contributed by atoms with van der Waals surface area (Å²) in [5, 5.41) is 2.77. The Labute approximate surface area is 176 Å². The summed E-state index contributed by atoms with van der Waals surface area (Å²) in [6.45, 7) is 5.46. The predicted molar refractivity (Wildman–Crippen MR) is 118 cm³/mol. The fourth-order valence-corrected chi connectivity index (χ4v) is 3.40. The number of carbonyl (C=O) groups excluding carboxylic acids is 1. The highest BCUT2D eigenvalue weighted by Gasteiger charge is 2.19. The minimum atomic E-state index is -0.246. The molecule has 154 valence electrons. The van der Waals surface area contributed by atoms with Gasteiger partial charge in [-0.25, -0.2) is 9.97 Å². The van der Waals surface area contributed by atoms with Gasteiger partial charge in [0.05, 0.1) is 18.1 Å². The van der Waals surface area contributed by atoms with Crippen LogP contribution in [0, 0.1) is 6.92 Å². The van der Waals surface area contributed by atoms with E-state index in [-0.39, 0.29) is 12.5 Å². The lowest BCUT2D eigenvalue weighted by molar-refractivity contribution is -0.118. The molecule has 30 heavy (non-hydrogen) atoms. The summed E-state index contributed by atoms with van der Waals surface area (Å²) in [5.41, 5.74) is 2.88. The molecule has 0 atom stereocenters. The van der Waals surface area contributed by atoms with Crippen LogP contribution in [0.1, 0.15) is 5.56 Å². The van der Waals surface area contributed by atoms with Gasteiger partial charge >= 0.3 is 0 Å². The molecule has 1 saturated heterocycles. The van der Waals surface area contributed by atoms with E-state index < -0.39 is 0 Å². The third-order valence-electron chi connectivity index (χ3n) is 4.97. The molecule has 7 heteroatoms. The highest BCUT2D eigenvalue weighted by molar-refractivity contribution is 5.91. The van der Waals surface area contributed by atoms with Crippen LogP contribution in [0.15, 0.2) is 67.0 Å². The number of piperazine rings is 1. The molecule has 4 rings (SSSR count). The van der Waals surface area contributed by atoms with E-state index in [0.29, 0.717) is 17.4 Å². The molecule has 3 aromatic rings. The number of ether oxygens (including phenoxy) is 1. The standard InChI is InChI=1S/C23H25N5O2/c1-18-6-5-9-21(14-18)30-17-22(29)26-19-15-24-23(25-16-19)28-12-10-27(11-13-28)20-7-3-2-4-8-20/h2-9,14-16H,10-13,17H2,1H3,(H,26,29). The van der Waals surface area contributed by atoms with Crippen LogP contribution in [-0.2, 0) is 4.79 Å². The maximum Gasteiger partial charge on any atom is 0.262 e. The highest BCUT2D eigenvalue weighted by Crippen LogP contribution is 2.18. The van der Waals surface area contributed by atoms with Gasteiger partial charge in [0.25, 0.3) is 5.91 Å². The van der Waals surface area contributed by atoms with Crippen LogP contribution in [0.4, 0.5) is 17.3 Å². The van der Waals surface area contributed by atoms with E-state index in [1.807, 2.05) is 37.3 Å². The molecule has 1 amide bonds. The molecule has 2 heterocycles. The van der Waals surface area contributed by atoms with Crippen molar-refractivity contribution >= 4 is 23.2 Å². The molecule has 1 fully saturated rings. The number of hydrogen-bond acceptors (Lipinski definition) is 6. The van der Waals surface area contributed by atoms with Crippen molar-refractivity contribution in [1.82, 2.24) is 9.97 Å². The van der Waals surface area contributed by atoms with Crippen molar-refractivity contribution in [1.29, 1.82) is 0 Å². The number of aromatic nitrogens is 2. The molecular weight excluding hydrogens is 378 g/mol. The van der Waals surface area contributed by atoms with E-state index in [9.17, 15) is 4.79 Å². The normalized spacial score (nSPS) is 13.8. The molecule has 0 bridgehead atoms. The summed E-state index contributed by atoms with van der Waals surface area (Å²) in [6, 6.07) is 18.0. The second-order valence-electron chi connectivity index (χ2n) is 7.23. The molecule has 1 N–H and O–H groups in total. The van der Waals surface area contributed by atoms with Gasteiger partial charge in [-0.05, 0) is 36.8 Å². The van der Waals surface area contributed by atoms with Crippen LogP contribution in [-0.4, -0.2) is 48.7 Å². The zero-order chi connectivity index (χ0) is 20.8. The number of amides is 1. The second-order valence-corrected chi connectivity index (χ2v) is 7.23. The molecule has 1 aliphatic rings. The minimum absolute atomic E-state index is 0.0628. The number of nitrogens with one attached hydrogen (secondary N) is 1. The largest absolute Gasteiger partial charge is 0.484 e. The lowest BCUT2D eigenvalue weighted by atomic mass is 10.2. The Morgan fingerprint density at radius 3 is 2.37 bits per heavy atom. The number of aryl methyl sites for hydroxylation is 1. The number of hydrogen-bond donors (Lipinski definition) is 1. The van der Waals surface area contributed by atoms with Crippen molar-refractivity contribution in [3.05, 3.63) is 72.6 Å². The zero-order valence-corrected chi connectivity index (χ0v) is 17.0. The first kappa shape index (κ1) is 19.7. The number of anilines is 3. The lowest BCUT2D eigenvalue weighted by Crippen LogP contribution is -2.47. The van der Waals surface area contributed by atoms with E-state index >= 15 is 0 Å². The van der Waals surface area contributed by atoms with Crippen LogP contribution in [0.5, 0.6) is 5.75 Å². The van der Waals surface area contributed by atoms with E-state index in [1.54, 1.807) is 12.4 Å². The average molecular weight is 403 g/mol. The minimum Gasteiger partial charge on any atom is -0.484 e. The first-order chi connectivity index (χ1) is 14.7. The van der Waals surface area contributed by atoms with Crippen molar-refractivity contribution in [2.75, 3.05) is 47.9 Å². The van der Waals surface area contributed by atoms with Gasteiger partial charge in [0, 0.05) is 31.9 Å². The van der Waals surface area contributed by atoms with Gasteiger partial charge < -0.3 is 19.9 Å². The third-order valence-corrected chi connectivity index (χ3v) is 4.97. The zero-order valence-electron chi connectivity index (χ0n) is 17.0. The van der Waals surface area contributed by atoms with Crippen molar-refractivity contribution in [3.8, 4) is 5.75 Å². The van der Waals surface area contributed by atoms with Crippen LogP contribution in [0.3, 0.4) is 0 Å². The van der Waals surface area contributed by atoms with Gasteiger partial charge in [-0.1, -0.05) is 30.3 Å². The van der Waals surface area contributed by atoms with E-state index in [1.165, 1.54) is 5.69 Å². The summed E-state index contributed by atoms with van der Waals surface area (Å²) in [6.07, 6.45) is 3.27. The van der Waals surface area contributed by atoms with Crippen molar-refractivity contribution < 1.29 is 9.53 Å². The molecule has 1 aromatic heterocycles. The van der Waals surface area contributed by atoms with Crippen LogP contribution in [0.2, 0.25) is 0 Å². The molecule has 0 unspecified atom stereocenters. The molecule has 2 aromatic carbocycles. The Morgan fingerprint density at radius 1 is 0.967 bits per heavy atom. The van der Waals surface area contributed by atoms with Gasteiger partial charge in [-0.2, -0.15) is 0 Å². The van der Waals surface area contributed by atoms with Gasteiger partial charge in [0.2, 0.25) is 5.95 Å². The smallest absolute Gasteiger partial charge is 0.262 e. The fourth-order valence-electron chi connectivity index (χ4n) is 3.40. The number of para-hydroxylation sites is 1. The summed E-state index contributed by atoms with van der Waals surface area (Å²) in [5.74, 6) is 1.10. The maximum atomic E-state index is 12.1. The van der Waals surface area contributed by atoms with E-state index in [0.717, 1.165) is 31.7 Å². The highest BCUT2D eigenvalue weighted by atomic mass is 16.5. The monoisotopic (exact) mass is 403 g/mol. The van der Waals surface area contributed by atoms with Crippen LogP contribution >= 0.6 is 0 Å². The van der Waals surface area contributed by atoms with Crippen molar-refractivity contribution in [2.24, 2.45) is 0 Å². The fraction of sp³-hybridized carbons (Fsp3) is 0.261. The number of carbonyl (C=O) groups is 1. The Balaban J connectivity index is 1.26. The van der Waals surface area contributed by atoms with Crippen molar-refractivity contribution in [3.63, 3.8) is 0 Å². The average Bonchev–Trinajstić information content (AvgIpc) is 2.79. The van der Waals surface area contributed by atoms with Gasteiger partial charge in [0.15, 0.2) is 6.61 Å². The van der Waals surface area contributed by atoms with Crippen molar-refractivity contribution in [2.45, 2.75) is 6.92 Å². The number of nitrogens with zero attached hydrogens (tertiary/aromatic N) is 4. The summed E-state index contributed by atoms with van der Waals surface area (Å²) in [4.78, 5) is 25.5. The SMILES string of the molecule is Cc1cccc(OCC(=O)Nc2cnc(N3CCN(c4ccccc4)CC3)nc2)c1. The third kappa shape index (κ3) is 5.05. The lowest BCUT2D eigenvalue weighted by Gasteiger charge is -2.36. The summed E-state index contributed by atoms with van der Waals surface area (Å²) in [7, 11) is 0. The predicted octanol–water partition coefficient (Wildman–Crippen LogP) is 3.13. The Bertz CT molecular complexity index is 970.